The molecule has 0 saturated carbocycles. The average Bonchev–Trinajstić information content (AvgIpc) is 3.04. The SMILES string of the molecule is CONc1ncnc2c1c(C=O)cn2C1OC(CO)C(O)C1(C)O. The third-order valence-electron chi connectivity index (χ3n) is 4.15. The Hall–Kier alpha value is -2.11. The van der Waals surface area contributed by atoms with E-state index in [-0.39, 0.29) is 11.4 Å². The summed E-state index contributed by atoms with van der Waals surface area (Å²) in [6, 6.07) is 0. The topological polar surface area (TPSA) is 139 Å². The van der Waals surface area contributed by atoms with Crippen molar-refractivity contribution in [3.05, 3.63) is 18.1 Å². The molecule has 0 aromatic carbocycles. The molecule has 0 aliphatic carbocycles. The molecule has 1 fully saturated rings. The number of aromatic nitrogens is 3. The molecule has 4 N–H and O–H groups in total. The molecule has 24 heavy (non-hydrogen) atoms. The van der Waals surface area contributed by atoms with Gasteiger partial charge in [-0.1, -0.05) is 0 Å². The van der Waals surface area contributed by atoms with Gasteiger partial charge in [0.05, 0.1) is 19.1 Å². The number of hydrogen-bond donors (Lipinski definition) is 4. The van der Waals surface area contributed by atoms with Crippen molar-refractivity contribution in [1.82, 2.24) is 14.5 Å². The zero-order valence-electron chi connectivity index (χ0n) is 13.1. The zero-order chi connectivity index (χ0) is 17.5. The predicted octanol–water partition coefficient (Wildman–Crippen LogP) is -0.781. The van der Waals surface area contributed by atoms with Gasteiger partial charge in [0, 0.05) is 11.8 Å². The summed E-state index contributed by atoms with van der Waals surface area (Å²) >= 11 is 0. The number of nitrogens with zero attached hydrogens (tertiary/aromatic N) is 3. The van der Waals surface area contributed by atoms with E-state index in [1.54, 1.807) is 0 Å². The molecule has 2 aromatic rings. The van der Waals surface area contributed by atoms with Crippen LogP contribution in [0.1, 0.15) is 23.5 Å². The summed E-state index contributed by atoms with van der Waals surface area (Å²) in [4.78, 5) is 24.4. The average molecular weight is 338 g/mol. The maximum absolute atomic E-state index is 11.4. The lowest BCUT2D eigenvalue weighted by atomic mass is 9.96. The van der Waals surface area contributed by atoms with Crippen molar-refractivity contribution in [3.63, 3.8) is 0 Å². The number of ether oxygens (including phenoxy) is 1. The highest BCUT2D eigenvalue weighted by Crippen LogP contribution is 2.40. The smallest absolute Gasteiger partial charge is 0.167 e. The minimum Gasteiger partial charge on any atom is -0.394 e. The Morgan fingerprint density at radius 3 is 2.88 bits per heavy atom. The molecule has 1 aliphatic rings. The van der Waals surface area contributed by atoms with Gasteiger partial charge in [0.25, 0.3) is 0 Å². The summed E-state index contributed by atoms with van der Waals surface area (Å²) in [6.07, 6.45) is 0.0128. The zero-order valence-corrected chi connectivity index (χ0v) is 13.1. The van der Waals surface area contributed by atoms with E-state index in [4.69, 9.17) is 9.57 Å². The quantitative estimate of drug-likeness (QED) is 0.408. The largest absolute Gasteiger partial charge is 0.394 e. The first kappa shape index (κ1) is 16.7. The Bertz CT molecular complexity index is 761. The summed E-state index contributed by atoms with van der Waals surface area (Å²) in [5, 5.41) is 30.4. The van der Waals surface area contributed by atoms with Gasteiger partial charge in [-0.2, -0.15) is 0 Å². The van der Waals surface area contributed by atoms with E-state index in [9.17, 15) is 20.1 Å². The second kappa shape index (κ2) is 6.07. The van der Waals surface area contributed by atoms with E-state index in [2.05, 4.69) is 15.4 Å². The van der Waals surface area contributed by atoms with Gasteiger partial charge in [-0.3, -0.25) is 9.63 Å². The van der Waals surface area contributed by atoms with E-state index in [1.165, 1.54) is 31.1 Å². The van der Waals surface area contributed by atoms with Crippen molar-refractivity contribution >= 4 is 23.1 Å². The molecule has 3 heterocycles. The Morgan fingerprint density at radius 2 is 2.29 bits per heavy atom. The number of rotatable bonds is 5. The van der Waals surface area contributed by atoms with Crippen LogP contribution < -0.4 is 5.48 Å². The van der Waals surface area contributed by atoms with Crippen molar-refractivity contribution in [3.8, 4) is 0 Å². The van der Waals surface area contributed by atoms with Crippen LogP contribution in [-0.2, 0) is 9.57 Å². The van der Waals surface area contributed by atoms with Crippen LogP contribution in [0.2, 0.25) is 0 Å². The van der Waals surface area contributed by atoms with Crippen molar-refractivity contribution in [1.29, 1.82) is 0 Å². The molecule has 0 amide bonds. The summed E-state index contributed by atoms with van der Waals surface area (Å²) in [5.41, 5.74) is 1.43. The lowest BCUT2D eigenvalue weighted by Crippen LogP contribution is -2.44. The molecule has 0 radical (unpaired) electrons. The summed E-state index contributed by atoms with van der Waals surface area (Å²) in [6.45, 7) is 0.929. The van der Waals surface area contributed by atoms with Crippen LogP contribution >= 0.6 is 0 Å². The number of nitrogens with one attached hydrogen (secondary N) is 1. The predicted molar refractivity (Wildman–Crippen MR) is 81.2 cm³/mol. The highest BCUT2D eigenvalue weighted by molar-refractivity contribution is 6.01. The third kappa shape index (κ3) is 2.36. The monoisotopic (exact) mass is 338 g/mol. The van der Waals surface area contributed by atoms with E-state index in [0.717, 1.165) is 0 Å². The van der Waals surface area contributed by atoms with Crippen LogP contribution in [0, 0.1) is 0 Å². The fourth-order valence-electron chi connectivity index (χ4n) is 2.95. The molecule has 1 aliphatic heterocycles. The molecule has 0 bridgehead atoms. The first-order valence-electron chi connectivity index (χ1n) is 7.22. The van der Waals surface area contributed by atoms with Crippen molar-refractivity contribution < 1.29 is 29.7 Å². The van der Waals surface area contributed by atoms with Crippen LogP contribution in [0.25, 0.3) is 11.0 Å². The molecular weight excluding hydrogens is 320 g/mol. The summed E-state index contributed by atoms with van der Waals surface area (Å²) in [5.74, 6) is 0.278. The van der Waals surface area contributed by atoms with Gasteiger partial charge in [0.1, 0.15) is 29.8 Å². The van der Waals surface area contributed by atoms with Crippen LogP contribution in [0.5, 0.6) is 0 Å². The molecule has 1 saturated heterocycles. The van der Waals surface area contributed by atoms with E-state index >= 15 is 0 Å². The van der Waals surface area contributed by atoms with Gasteiger partial charge in [-0.25, -0.2) is 15.4 Å². The summed E-state index contributed by atoms with van der Waals surface area (Å²) in [7, 11) is 1.40. The number of carbonyl (C=O) groups is 1. The van der Waals surface area contributed by atoms with Gasteiger partial charge in [-0.15, -0.1) is 0 Å². The second-order valence-corrected chi connectivity index (χ2v) is 5.72. The number of carbonyl (C=O) groups excluding carboxylic acids is 1. The molecule has 4 atom stereocenters. The first-order valence-corrected chi connectivity index (χ1v) is 7.22. The van der Waals surface area contributed by atoms with Gasteiger partial charge in [0.2, 0.25) is 0 Å². The van der Waals surface area contributed by atoms with E-state index in [0.29, 0.717) is 17.3 Å². The molecule has 10 nitrogen and oxygen atoms in total. The minimum atomic E-state index is -1.70. The van der Waals surface area contributed by atoms with Crippen LogP contribution in [-0.4, -0.2) is 67.7 Å². The van der Waals surface area contributed by atoms with Crippen LogP contribution in [0.3, 0.4) is 0 Å². The van der Waals surface area contributed by atoms with Crippen molar-refractivity contribution in [2.45, 2.75) is 31.0 Å². The highest BCUT2D eigenvalue weighted by atomic mass is 16.6. The number of anilines is 1. The third-order valence-corrected chi connectivity index (χ3v) is 4.15. The van der Waals surface area contributed by atoms with Gasteiger partial charge < -0.3 is 24.6 Å². The minimum absolute atomic E-state index is 0.256. The number of aliphatic hydroxyl groups is 3. The van der Waals surface area contributed by atoms with Gasteiger partial charge in [0.15, 0.2) is 18.3 Å². The Balaban J connectivity index is 2.17. The molecule has 4 unspecified atom stereocenters. The highest BCUT2D eigenvalue weighted by Gasteiger charge is 2.53. The number of aldehydes is 1. The normalized spacial score (nSPS) is 30.0. The summed E-state index contributed by atoms with van der Waals surface area (Å²) < 4.78 is 7.01. The lowest BCUT2D eigenvalue weighted by molar-refractivity contribution is -0.0948. The lowest BCUT2D eigenvalue weighted by Gasteiger charge is -2.27. The van der Waals surface area contributed by atoms with Gasteiger partial charge >= 0.3 is 0 Å². The van der Waals surface area contributed by atoms with Crippen molar-refractivity contribution in [2.24, 2.45) is 0 Å². The molecule has 2 aromatic heterocycles. The first-order chi connectivity index (χ1) is 11.5. The fourth-order valence-corrected chi connectivity index (χ4v) is 2.95. The van der Waals surface area contributed by atoms with Crippen molar-refractivity contribution in [2.75, 3.05) is 19.2 Å². The Kier molecular flexibility index (Phi) is 4.24. The van der Waals surface area contributed by atoms with Crippen LogP contribution in [0.15, 0.2) is 12.5 Å². The molecular formula is C14H18N4O6. The Morgan fingerprint density at radius 1 is 1.54 bits per heavy atom. The molecule has 130 valence electrons. The number of fused-ring (bicyclic) bond motifs is 1. The second-order valence-electron chi connectivity index (χ2n) is 5.72. The van der Waals surface area contributed by atoms with Gasteiger partial charge in [-0.05, 0) is 6.92 Å². The molecule has 0 spiro atoms. The Labute approximate surface area is 136 Å². The maximum Gasteiger partial charge on any atom is 0.167 e. The number of aliphatic hydroxyl groups excluding tert-OH is 2. The standard InChI is InChI=1S/C14H18N4O6/c1-14(22)10(21)8(5-20)24-13(14)18-3-7(4-19)9-11(17-23-2)15-6-16-12(9)18/h3-4,6,8,10,13,20-22H,5H2,1-2H3,(H,15,16,17). The molecule has 3 rings (SSSR count). The van der Waals surface area contributed by atoms with Crippen LogP contribution in [0.4, 0.5) is 5.82 Å². The molecule has 10 heteroatoms. The fraction of sp³-hybridized carbons (Fsp3) is 0.500. The van der Waals surface area contributed by atoms with E-state index < -0.39 is 30.6 Å². The maximum atomic E-state index is 11.4. The van der Waals surface area contributed by atoms with E-state index in [1.807, 2.05) is 0 Å². The number of hydrogen-bond acceptors (Lipinski definition) is 9.